The Labute approximate surface area is 219 Å². The fraction of sp³-hybridized carbons (Fsp3) is 0.524. The summed E-state index contributed by atoms with van der Waals surface area (Å²) in [6, 6.07) is 3.16. The number of ether oxygens (including phenoxy) is 1. The first-order valence-electron chi connectivity index (χ1n) is 11.0. The second kappa shape index (κ2) is 11.8. The second-order valence-electron chi connectivity index (χ2n) is 8.47. The van der Waals surface area contributed by atoms with E-state index in [1.54, 1.807) is 0 Å². The van der Waals surface area contributed by atoms with E-state index in [1.807, 2.05) is 5.32 Å². The van der Waals surface area contributed by atoms with Crippen LogP contribution >= 0.6 is 0 Å². The van der Waals surface area contributed by atoms with Crippen molar-refractivity contribution in [2.45, 2.75) is 36.8 Å². The lowest BCUT2D eigenvalue weighted by Crippen LogP contribution is -2.62. The Morgan fingerprint density at radius 2 is 1.60 bits per heavy atom. The molecule has 2 atom stereocenters. The van der Waals surface area contributed by atoms with E-state index in [2.05, 4.69) is 4.74 Å². The number of carbonyl (C=O) groups is 4. The number of carbonyl (C=O) groups excluding carboxylic acids is 4. The van der Waals surface area contributed by atoms with Crippen molar-refractivity contribution < 1.29 is 69.3 Å². The van der Waals surface area contributed by atoms with Gasteiger partial charge in [-0.15, -0.1) is 0 Å². The molecule has 1 aromatic rings. The number of hydrogen-bond acceptors (Lipinski definition) is 7. The Balaban J connectivity index is 2.36. The van der Waals surface area contributed by atoms with Crippen molar-refractivity contribution >= 4 is 35.2 Å². The maximum Gasteiger partial charge on any atom is 0.455 e. The third-order valence-electron chi connectivity index (χ3n) is 5.37. The molecule has 1 aliphatic rings. The number of benzene rings is 1. The molecule has 4 N–H and O–H groups in total. The van der Waals surface area contributed by atoms with Crippen LogP contribution in [0.4, 0.5) is 51.3 Å². The highest BCUT2D eigenvalue weighted by Crippen LogP contribution is 2.35. The number of halogens is 8. The minimum atomic E-state index is -6.07. The van der Waals surface area contributed by atoms with Crippen molar-refractivity contribution in [1.82, 2.24) is 10.6 Å². The van der Waals surface area contributed by atoms with Crippen LogP contribution in [-0.4, -0.2) is 96.8 Å². The van der Waals surface area contributed by atoms with E-state index >= 15 is 0 Å². The van der Waals surface area contributed by atoms with Gasteiger partial charge in [-0.25, -0.2) is 4.79 Å². The van der Waals surface area contributed by atoms with Crippen molar-refractivity contribution in [2.75, 3.05) is 42.6 Å². The lowest BCUT2D eigenvalue weighted by atomic mass is 10.0. The third-order valence-corrected chi connectivity index (χ3v) is 5.37. The molecule has 0 aliphatic carbocycles. The number of fused-ring (bicyclic) bond motifs is 1. The van der Waals surface area contributed by atoms with E-state index in [1.165, 1.54) is 24.3 Å². The highest BCUT2D eigenvalue weighted by atomic mass is 19.4. The first kappa shape index (κ1) is 32.5. The maximum absolute atomic E-state index is 13.2. The molecule has 0 unspecified atom stereocenters. The van der Waals surface area contributed by atoms with Crippen molar-refractivity contribution in [3.8, 4) is 0 Å². The topological polar surface area (TPSA) is 149 Å². The first-order valence-corrected chi connectivity index (χ1v) is 11.0. The molecule has 0 fully saturated rings. The molecule has 1 aromatic carbocycles. The highest BCUT2D eigenvalue weighted by molar-refractivity contribution is 6.11. The molecule has 19 heteroatoms. The smallest absolute Gasteiger partial charge is 0.439 e. The molecule has 0 spiro atoms. The lowest BCUT2D eigenvalue weighted by Gasteiger charge is -2.28. The summed E-state index contributed by atoms with van der Waals surface area (Å²) in [4.78, 5) is 51.9. The van der Waals surface area contributed by atoms with Crippen molar-refractivity contribution in [2.24, 2.45) is 0 Å². The standard InChI is InChI=1S/C21H22F8N4O7/c1-18(39,15(36)30-9-19(22,23)21(27,28)29)16(37)31-11-8-33(17(38)40-10-20(24,25)26)13-5-3-2-4-12(13)32(6-7-34)14(11)35/h2-5,11,34,39H,6-10H2,1H3,(H,30,36)(H,31,37)/t11-,18+/m0/s1. The summed E-state index contributed by atoms with van der Waals surface area (Å²) >= 11 is 0. The van der Waals surface area contributed by atoms with Gasteiger partial charge >= 0.3 is 24.4 Å². The lowest BCUT2D eigenvalue weighted by molar-refractivity contribution is -0.278. The van der Waals surface area contributed by atoms with Gasteiger partial charge in [0.2, 0.25) is 5.60 Å². The Morgan fingerprint density at radius 3 is 2.12 bits per heavy atom. The molecule has 11 nitrogen and oxygen atoms in total. The molecule has 0 aromatic heterocycles. The van der Waals surface area contributed by atoms with Crippen LogP contribution in [0, 0.1) is 0 Å². The van der Waals surface area contributed by atoms with Gasteiger partial charge in [-0.1, -0.05) is 12.1 Å². The quantitative estimate of drug-likeness (QED) is 0.260. The zero-order valence-corrected chi connectivity index (χ0v) is 20.3. The van der Waals surface area contributed by atoms with E-state index in [4.69, 9.17) is 0 Å². The fourth-order valence-electron chi connectivity index (χ4n) is 3.28. The Kier molecular flexibility index (Phi) is 9.57. The van der Waals surface area contributed by atoms with E-state index in [-0.39, 0.29) is 11.4 Å². The summed E-state index contributed by atoms with van der Waals surface area (Å²) in [5.41, 5.74) is -3.68. The molecule has 0 saturated heterocycles. The average Bonchev–Trinajstić information content (AvgIpc) is 2.95. The molecule has 1 aliphatic heterocycles. The van der Waals surface area contributed by atoms with Gasteiger partial charge in [0.1, 0.15) is 6.04 Å². The van der Waals surface area contributed by atoms with Gasteiger partial charge < -0.3 is 30.5 Å². The average molecular weight is 594 g/mol. The van der Waals surface area contributed by atoms with Gasteiger partial charge in [0, 0.05) is 6.54 Å². The largest absolute Gasteiger partial charge is 0.455 e. The van der Waals surface area contributed by atoms with E-state index in [0.717, 1.165) is 10.2 Å². The van der Waals surface area contributed by atoms with Gasteiger partial charge in [-0.2, -0.15) is 35.1 Å². The molecule has 40 heavy (non-hydrogen) atoms. The Morgan fingerprint density at radius 1 is 1.02 bits per heavy atom. The number of nitrogens with one attached hydrogen (secondary N) is 2. The summed E-state index contributed by atoms with van der Waals surface area (Å²) in [5, 5.41) is 22.6. The molecule has 4 amide bonds. The number of hydrogen-bond donors (Lipinski definition) is 4. The van der Waals surface area contributed by atoms with Crippen LogP contribution in [0.3, 0.4) is 0 Å². The number of para-hydroxylation sites is 2. The normalized spacial score (nSPS) is 17.9. The number of aliphatic hydroxyl groups excluding tert-OH is 1. The number of aliphatic hydroxyl groups is 2. The molecule has 1 heterocycles. The van der Waals surface area contributed by atoms with Gasteiger partial charge in [0.25, 0.3) is 17.7 Å². The summed E-state index contributed by atoms with van der Waals surface area (Å²) in [6.07, 6.45) is -12.7. The molecule has 224 valence electrons. The van der Waals surface area contributed by atoms with Gasteiger partial charge in [-0.3, -0.25) is 19.3 Å². The van der Waals surface area contributed by atoms with Crippen molar-refractivity contribution in [3.63, 3.8) is 0 Å². The first-order chi connectivity index (χ1) is 18.2. The van der Waals surface area contributed by atoms with E-state index < -0.39 is 86.6 Å². The summed E-state index contributed by atoms with van der Waals surface area (Å²) < 4.78 is 105. The van der Waals surface area contributed by atoms with Crippen LogP contribution < -0.4 is 20.4 Å². The van der Waals surface area contributed by atoms with Crippen molar-refractivity contribution in [3.05, 3.63) is 24.3 Å². The molecule has 0 bridgehead atoms. The molecule has 0 radical (unpaired) electrons. The number of anilines is 2. The third kappa shape index (κ3) is 7.46. The van der Waals surface area contributed by atoms with E-state index in [0.29, 0.717) is 11.8 Å². The zero-order valence-electron chi connectivity index (χ0n) is 20.3. The molecular weight excluding hydrogens is 572 g/mol. The van der Waals surface area contributed by atoms with Crippen LogP contribution in [0.15, 0.2) is 24.3 Å². The summed E-state index contributed by atoms with van der Waals surface area (Å²) in [6.45, 7) is -6.10. The number of alkyl halides is 8. The second-order valence-corrected chi connectivity index (χ2v) is 8.47. The van der Waals surface area contributed by atoms with Crippen LogP contribution in [0.2, 0.25) is 0 Å². The fourth-order valence-corrected chi connectivity index (χ4v) is 3.28. The Bertz CT molecular complexity index is 1130. The van der Waals surface area contributed by atoms with Crippen LogP contribution in [0.25, 0.3) is 0 Å². The maximum atomic E-state index is 13.2. The zero-order chi connectivity index (χ0) is 30.7. The number of rotatable bonds is 8. The van der Waals surface area contributed by atoms with Crippen molar-refractivity contribution in [1.29, 1.82) is 0 Å². The van der Waals surface area contributed by atoms with Gasteiger partial charge in [0.15, 0.2) is 6.61 Å². The van der Waals surface area contributed by atoms with E-state index in [9.17, 15) is 64.5 Å². The molecule has 2 rings (SSSR count). The minimum Gasteiger partial charge on any atom is -0.439 e. The molecule has 0 saturated carbocycles. The number of nitrogens with zero attached hydrogens (tertiary/aromatic N) is 2. The summed E-state index contributed by atoms with van der Waals surface area (Å²) in [5.74, 6) is -10.4. The highest BCUT2D eigenvalue weighted by Gasteiger charge is 2.58. The predicted molar refractivity (Wildman–Crippen MR) is 117 cm³/mol. The predicted octanol–water partition coefficient (Wildman–Crippen LogP) is 1.08. The number of β-amino-alcohol motifs (C(OH)–C–C–N with tert-alkyl or cyclic N) is 1. The molecular formula is C21H22F8N4O7. The van der Waals surface area contributed by atoms with Gasteiger partial charge in [0.05, 0.1) is 31.1 Å². The number of amides is 4. The van der Waals surface area contributed by atoms with Crippen LogP contribution in [0.5, 0.6) is 0 Å². The minimum absolute atomic E-state index is 0.124. The summed E-state index contributed by atoms with van der Waals surface area (Å²) in [7, 11) is 0. The Hall–Kier alpha value is -3.74. The van der Waals surface area contributed by atoms with Gasteiger partial charge in [-0.05, 0) is 19.1 Å². The monoisotopic (exact) mass is 594 g/mol. The van der Waals surface area contributed by atoms with Crippen LogP contribution in [-0.2, 0) is 19.1 Å². The SMILES string of the molecule is C[C@@](O)(C(=O)NCC(F)(F)C(F)(F)F)C(=O)N[C@H]1CN(C(=O)OCC(F)(F)F)c2ccccc2N(CCO)C1=O. The van der Waals surface area contributed by atoms with Crippen LogP contribution in [0.1, 0.15) is 6.92 Å².